The molecule has 0 aromatic carbocycles. The predicted octanol–water partition coefficient (Wildman–Crippen LogP) is 2.66. The molecule has 8 heteroatoms. The summed E-state index contributed by atoms with van der Waals surface area (Å²) in [4.78, 5) is 33.0. The van der Waals surface area contributed by atoms with Crippen LogP contribution in [0.3, 0.4) is 0 Å². The average molecular weight is 436 g/mol. The Morgan fingerprint density at radius 2 is 1.94 bits per heavy atom. The van der Waals surface area contributed by atoms with Gasteiger partial charge in [0.2, 0.25) is 0 Å². The summed E-state index contributed by atoms with van der Waals surface area (Å²) in [7, 11) is 0. The highest BCUT2D eigenvalue weighted by Gasteiger charge is 2.27. The first-order valence-electron chi connectivity index (χ1n) is 11.3. The molecule has 32 heavy (non-hydrogen) atoms. The molecule has 2 atom stereocenters. The minimum absolute atomic E-state index is 0.0309. The summed E-state index contributed by atoms with van der Waals surface area (Å²) < 4.78 is 7.28. The lowest BCUT2D eigenvalue weighted by molar-refractivity contribution is -0.117. The minimum atomic E-state index is -0.438. The number of nitriles is 1. The molecule has 1 N–H and O–H groups in total. The van der Waals surface area contributed by atoms with E-state index in [9.17, 15) is 14.9 Å². The van der Waals surface area contributed by atoms with Crippen LogP contribution in [0.15, 0.2) is 34.8 Å². The molecule has 8 nitrogen and oxygen atoms in total. The molecule has 1 saturated heterocycles. The van der Waals surface area contributed by atoms with Crippen molar-refractivity contribution in [1.82, 2.24) is 14.7 Å². The molecule has 2 aliphatic rings. The molecule has 1 aliphatic carbocycles. The molecule has 0 spiro atoms. The van der Waals surface area contributed by atoms with Gasteiger partial charge in [-0.15, -0.1) is 0 Å². The second-order valence-corrected chi connectivity index (χ2v) is 8.72. The van der Waals surface area contributed by atoms with Gasteiger partial charge in [-0.2, -0.15) is 5.26 Å². The molecular formula is C24H29N5O3. The van der Waals surface area contributed by atoms with Crippen LogP contribution in [-0.4, -0.2) is 46.6 Å². The zero-order chi connectivity index (χ0) is 22.7. The average Bonchev–Trinajstić information content (AvgIpc) is 2.78. The molecule has 1 saturated carbocycles. The third-order valence-corrected chi connectivity index (χ3v) is 6.06. The molecule has 3 heterocycles. The van der Waals surface area contributed by atoms with E-state index in [4.69, 9.17) is 9.72 Å². The fourth-order valence-electron chi connectivity index (χ4n) is 4.61. The van der Waals surface area contributed by atoms with Gasteiger partial charge in [0.25, 0.3) is 11.5 Å². The maximum atomic E-state index is 13.4. The molecule has 1 aliphatic heterocycles. The van der Waals surface area contributed by atoms with Crippen LogP contribution in [0.4, 0.5) is 5.82 Å². The number of aromatic nitrogens is 2. The standard InChI is InChI=1S/C24H29N5O3/c1-16-14-28(15-17(2)32-16)22-20(24(31)29-11-7-6-10-21(29)27-22)12-18(13-25)23(30)26-19-8-4-3-5-9-19/h6-7,10-12,16-17,19H,3-5,8-9,14-15H2,1-2H3,(H,26,30). The maximum absolute atomic E-state index is 13.4. The van der Waals surface area contributed by atoms with Gasteiger partial charge in [0.05, 0.1) is 17.8 Å². The molecule has 1 amide bonds. The van der Waals surface area contributed by atoms with Crippen molar-refractivity contribution in [2.75, 3.05) is 18.0 Å². The molecule has 4 rings (SSSR count). The van der Waals surface area contributed by atoms with Gasteiger partial charge in [-0.25, -0.2) is 4.98 Å². The van der Waals surface area contributed by atoms with Gasteiger partial charge in [0, 0.05) is 25.3 Å². The normalized spacial score (nSPS) is 22.5. The van der Waals surface area contributed by atoms with E-state index in [0.717, 1.165) is 25.7 Å². The van der Waals surface area contributed by atoms with E-state index >= 15 is 0 Å². The van der Waals surface area contributed by atoms with Gasteiger partial charge in [-0.05, 0) is 44.9 Å². The van der Waals surface area contributed by atoms with Crippen molar-refractivity contribution < 1.29 is 9.53 Å². The Kier molecular flexibility index (Phi) is 6.56. The number of morpholine rings is 1. The Hall–Kier alpha value is -3.18. The fraction of sp³-hybridized carbons (Fsp3) is 0.500. The molecule has 0 bridgehead atoms. The largest absolute Gasteiger partial charge is 0.372 e. The number of hydrogen-bond donors (Lipinski definition) is 1. The number of carbonyl (C=O) groups is 1. The Morgan fingerprint density at radius 3 is 2.62 bits per heavy atom. The van der Waals surface area contributed by atoms with Crippen LogP contribution in [0.2, 0.25) is 0 Å². The number of amides is 1. The van der Waals surface area contributed by atoms with E-state index in [2.05, 4.69) is 5.32 Å². The van der Waals surface area contributed by atoms with E-state index in [-0.39, 0.29) is 34.9 Å². The summed E-state index contributed by atoms with van der Waals surface area (Å²) in [5.74, 6) is 0.0352. The van der Waals surface area contributed by atoms with Gasteiger partial charge < -0.3 is 15.0 Å². The van der Waals surface area contributed by atoms with Crippen molar-refractivity contribution in [3.05, 3.63) is 45.9 Å². The highest BCUT2D eigenvalue weighted by molar-refractivity contribution is 6.02. The van der Waals surface area contributed by atoms with Crippen molar-refractivity contribution in [2.24, 2.45) is 0 Å². The Morgan fingerprint density at radius 1 is 1.22 bits per heavy atom. The zero-order valence-corrected chi connectivity index (χ0v) is 18.6. The second-order valence-electron chi connectivity index (χ2n) is 8.72. The Bertz CT molecular complexity index is 1120. The predicted molar refractivity (Wildman–Crippen MR) is 122 cm³/mol. The van der Waals surface area contributed by atoms with E-state index in [1.165, 1.54) is 16.9 Å². The summed E-state index contributed by atoms with van der Waals surface area (Å²) in [6.07, 6.45) is 8.13. The molecule has 0 radical (unpaired) electrons. The lowest BCUT2D eigenvalue weighted by Gasteiger charge is -2.36. The summed E-state index contributed by atoms with van der Waals surface area (Å²) in [6.45, 7) is 5.09. The molecular weight excluding hydrogens is 406 g/mol. The van der Waals surface area contributed by atoms with E-state index in [0.29, 0.717) is 24.6 Å². The second kappa shape index (κ2) is 9.53. The number of hydrogen-bond acceptors (Lipinski definition) is 6. The number of anilines is 1. The molecule has 2 fully saturated rings. The third-order valence-electron chi connectivity index (χ3n) is 6.06. The summed E-state index contributed by atoms with van der Waals surface area (Å²) in [5.41, 5.74) is 0.364. The SMILES string of the molecule is CC1CN(c2nc3ccccn3c(=O)c2C=C(C#N)C(=O)NC2CCCCC2)CC(C)O1. The fourth-order valence-corrected chi connectivity index (χ4v) is 4.61. The first-order valence-corrected chi connectivity index (χ1v) is 11.3. The van der Waals surface area contributed by atoms with Crippen molar-refractivity contribution in [1.29, 1.82) is 5.26 Å². The van der Waals surface area contributed by atoms with E-state index in [1.807, 2.05) is 30.9 Å². The number of nitrogens with one attached hydrogen (secondary N) is 1. The smallest absolute Gasteiger partial charge is 0.267 e. The number of carbonyl (C=O) groups excluding carboxylic acids is 1. The number of nitrogens with zero attached hydrogens (tertiary/aromatic N) is 4. The highest BCUT2D eigenvalue weighted by atomic mass is 16.5. The summed E-state index contributed by atoms with van der Waals surface area (Å²) in [5, 5.41) is 12.7. The van der Waals surface area contributed by atoms with Crippen LogP contribution in [0.5, 0.6) is 0 Å². The van der Waals surface area contributed by atoms with Crippen LogP contribution in [-0.2, 0) is 9.53 Å². The lowest BCUT2D eigenvalue weighted by Crippen LogP contribution is -2.46. The number of pyridine rings is 1. The van der Waals surface area contributed by atoms with Crippen molar-refractivity contribution in [2.45, 2.75) is 64.2 Å². The van der Waals surface area contributed by atoms with Crippen molar-refractivity contribution in [3.63, 3.8) is 0 Å². The molecule has 2 aromatic rings. The van der Waals surface area contributed by atoms with Crippen molar-refractivity contribution >= 4 is 23.4 Å². The van der Waals surface area contributed by atoms with Crippen molar-refractivity contribution in [3.8, 4) is 6.07 Å². The Balaban J connectivity index is 1.77. The van der Waals surface area contributed by atoms with Gasteiger partial charge in [0.1, 0.15) is 23.1 Å². The maximum Gasteiger partial charge on any atom is 0.267 e. The van der Waals surface area contributed by atoms with Gasteiger partial charge >= 0.3 is 0 Å². The number of rotatable bonds is 4. The molecule has 168 valence electrons. The van der Waals surface area contributed by atoms with Gasteiger partial charge in [-0.1, -0.05) is 25.3 Å². The zero-order valence-electron chi connectivity index (χ0n) is 18.6. The van der Waals surface area contributed by atoms with Gasteiger partial charge in [0.15, 0.2) is 0 Å². The summed E-state index contributed by atoms with van der Waals surface area (Å²) >= 11 is 0. The topological polar surface area (TPSA) is 99.7 Å². The lowest BCUT2D eigenvalue weighted by atomic mass is 9.95. The first-order chi connectivity index (χ1) is 15.5. The third kappa shape index (κ3) is 4.68. The van der Waals surface area contributed by atoms with Crippen LogP contribution >= 0.6 is 0 Å². The van der Waals surface area contributed by atoms with E-state index in [1.54, 1.807) is 18.3 Å². The van der Waals surface area contributed by atoms with Gasteiger partial charge in [-0.3, -0.25) is 14.0 Å². The Labute approximate surface area is 187 Å². The highest BCUT2D eigenvalue weighted by Crippen LogP contribution is 2.24. The van der Waals surface area contributed by atoms with Crippen LogP contribution < -0.4 is 15.8 Å². The quantitative estimate of drug-likeness (QED) is 0.585. The minimum Gasteiger partial charge on any atom is -0.372 e. The van der Waals surface area contributed by atoms with E-state index < -0.39 is 5.91 Å². The van der Waals surface area contributed by atoms with Crippen LogP contribution in [0.1, 0.15) is 51.5 Å². The molecule has 2 aromatic heterocycles. The number of ether oxygens (including phenoxy) is 1. The number of fused-ring (bicyclic) bond motifs is 1. The monoisotopic (exact) mass is 435 g/mol. The molecule has 2 unspecified atom stereocenters. The summed E-state index contributed by atoms with van der Waals surface area (Å²) in [6, 6.07) is 7.41. The van der Waals surface area contributed by atoms with Crippen LogP contribution in [0, 0.1) is 11.3 Å². The van der Waals surface area contributed by atoms with Crippen LogP contribution in [0.25, 0.3) is 11.7 Å². The first kappa shape index (κ1) is 22.0.